The summed E-state index contributed by atoms with van der Waals surface area (Å²) in [7, 11) is 5.52. The molecule has 0 aliphatic heterocycles. The van der Waals surface area contributed by atoms with Crippen LogP contribution in [0, 0.1) is 0 Å². The lowest BCUT2D eigenvalue weighted by atomic mass is 10.0. The van der Waals surface area contributed by atoms with Crippen molar-refractivity contribution in [3.8, 4) is 0 Å². The van der Waals surface area contributed by atoms with Gasteiger partial charge in [-0.25, -0.2) is 4.79 Å². The lowest BCUT2D eigenvalue weighted by molar-refractivity contribution is -0.887. The van der Waals surface area contributed by atoms with Crippen molar-refractivity contribution in [3.63, 3.8) is 0 Å². The Labute approximate surface area is 344 Å². The number of hydrogen-bond donors (Lipinski definition) is 1. The number of esters is 2. The molecule has 0 aliphatic carbocycles. The summed E-state index contributed by atoms with van der Waals surface area (Å²) in [6.07, 6.45) is 45.7. The van der Waals surface area contributed by atoms with Crippen LogP contribution in [0.25, 0.3) is 0 Å². The first-order valence-corrected chi connectivity index (χ1v) is 22.7. The fraction of sp³-hybridized carbons (Fsp3) is 0.771. The number of quaternary nitrogens is 1. The molecule has 324 valence electrons. The van der Waals surface area contributed by atoms with Crippen LogP contribution >= 0.6 is 0 Å². The molecule has 0 rings (SSSR count). The van der Waals surface area contributed by atoms with Crippen LogP contribution in [0.2, 0.25) is 0 Å². The molecule has 1 N–H and O–H groups in total. The Bertz CT molecular complexity index is 1060. The lowest BCUT2D eigenvalue weighted by Gasteiger charge is -2.31. The minimum absolute atomic E-state index is 0.0521. The van der Waals surface area contributed by atoms with Gasteiger partial charge in [-0.05, 0) is 38.5 Å². The predicted octanol–water partition coefficient (Wildman–Crippen LogP) is 12.4. The smallest absolute Gasteiger partial charge is 0.362 e. The van der Waals surface area contributed by atoms with E-state index in [0.29, 0.717) is 19.3 Å². The predicted molar refractivity (Wildman–Crippen MR) is 234 cm³/mol. The number of carbonyl (C=O) groups excluding carboxylic acids is 2. The van der Waals surface area contributed by atoms with Gasteiger partial charge in [-0.15, -0.1) is 0 Å². The topological polar surface area (TPSA) is 99.1 Å². The molecule has 0 heterocycles. The molecule has 0 aliphatic rings. The quantitative estimate of drug-likeness (QED) is 0.0286. The molecule has 0 saturated carbocycles. The average Bonchev–Trinajstić information content (AvgIpc) is 3.15. The van der Waals surface area contributed by atoms with Crippen LogP contribution in [0.5, 0.6) is 0 Å². The monoisotopic (exact) mass is 789 g/mol. The number of unbranched alkanes of at least 4 members (excludes halogenated alkanes) is 21. The van der Waals surface area contributed by atoms with Gasteiger partial charge in [-0.2, -0.15) is 0 Å². The summed E-state index contributed by atoms with van der Waals surface area (Å²) in [5.41, 5.74) is 0. The molecule has 0 bridgehead atoms. The zero-order chi connectivity index (χ0) is 41.4. The maximum atomic E-state index is 12.7. The highest BCUT2D eigenvalue weighted by Crippen LogP contribution is 2.15. The van der Waals surface area contributed by atoms with Gasteiger partial charge in [0.2, 0.25) is 0 Å². The minimum Gasteiger partial charge on any atom is -0.477 e. The fourth-order valence-corrected chi connectivity index (χ4v) is 6.51. The van der Waals surface area contributed by atoms with Crippen molar-refractivity contribution in [2.45, 2.75) is 199 Å². The molecule has 0 aromatic heterocycles. The summed E-state index contributed by atoms with van der Waals surface area (Å²) in [6.45, 7) is 4.68. The standard InChI is InChI=1S/C48H85NO7/c1-6-8-10-12-14-16-18-20-22-23-24-25-27-29-31-33-35-37-39-47(51)56-44(42-54-41-40-45(48(52)53)49(3,4)5)43-55-46(50)38-36-34-32-30-28-26-21-19-17-15-13-11-9-7-2/h14,16,18,20,22-25,44-45H,6-13,15,17,19,21,26-43H2,1-5H3/p+1/b16-14+,20-18+,23-22+,25-24+. The molecule has 56 heavy (non-hydrogen) atoms. The van der Waals surface area contributed by atoms with Crippen LogP contribution in [0.3, 0.4) is 0 Å². The van der Waals surface area contributed by atoms with Crippen LogP contribution < -0.4 is 0 Å². The Kier molecular flexibility index (Phi) is 37.2. The number of carbonyl (C=O) groups is 3. The van der Waals surface area contributed by atoms with E-state index >= 15 is 0 Å². The van der Waals surface area contributed by atoms with Crippen molar-refractivity contribution in [2.24, 2.45) is 0 Å². The van der Waals surface area contributed by atoms with Crippen LogP contribution in [0.1, 0.15) is 187 Å². The number of aliphatic carboxylic acids is 1. The summed E-state index contributed by atoms with van der Waals surface area (Å²) >= 11 is 0. The van der Waals surface area contributed by atoms with E-state index in [1.54, 1.807) is 0 Å². The lowest BCUT2D eigenvalue weighted by Crippen LogP contribution is -2.50. The summed E-state index contributed by atoms with van der Waals surface area (Å²) < 4.78 is 17.3. The van der Waals surface area contributed by atoms with Crippen molar-refractivity contribution in [1.82, 2.24) is 0 Å². The third-order valence-electron chi connectivity index (χ3n) is 10.1. The van der Waals surface area contributed by atoms with E-state index in [4.69, 9.17) is 14.2 Å². The Hall–Kier alpha value is -2.71. The number of allylic oxidation sites excluding steroid dienone is 8. The van der Waals surface area contributed by atoms with Crippen molar-refractivity contribution < 1.29 is 38.2 Å². The molecule has 0 saturated heterocycles. The molecule has 0 radical (unpaired) electrons. The molecular weight excluding hydrogens is 703 g/mol. The second kappa shape index (κ2) is 39.1. The highest BCUT2D eigenvalue weighted by molar-refractivity contribution is 5.72. The van der Waals surface area contributed by atoms with Gasteiger partial charge in [0.1, 0.15) is 6.61 Å². The normalized spacial score (nSPS) is 13.4. The Morgan fingerprint density at radius 2 is 0.946 bits per heavy atom. The molecule has 8 nitrogen and oxygen atoms in total. The molecule has 2 unspecified atom stereocenters. The molecular formula is C48H86NO7+. The van der Waals surface area contributed by atoms with E-state index < -0.39 is 18.1 Å². The van der Waals surface area contributed by atoms with Crippen LogP contribution in [0.15, 0.2) is 48.6 Å². The minimum atomic E-state index is -0.879. The number of rotatable bonds is 40. The van der Waals surface area contributed by atoms with E-state index in [9.17, 15) is 19.5 Å². The van der Waals surface area contributed by atoms with Gasteiger partial charge in [-0.1, -0.05) is 178 Å². The molecule has 0 amide bonds. The molecule has 0 aromatic rings. The van der Waals surface area contributed by atoms with E-state index in [-0.39, 0.29) is 36.2 Å². The summed E-state index contributed by atoms with van der Waals surface area (Å²) in [4.78, 5) is 37.0. The van der Waals surface area contributed by atoms with E-state index in [1.165, 1.54) is 89.9 Å². The largest absolute Gasteiger partial charge is 0.477 e. The number of hydrogen-bond acceptors (Lipinski definition) is 6. The first-order chi connectivity index (χ1) is 27.1. The van der Waals surface area contributed by atoms with E-state index in [1.807, 2.05) is 21.1 Å². The third-order valence-corrected chi connectivity index (χ3v) is 10.1. The molecule has 8 heteroatoms. The third kappa shape index (κ3) is 36.9. The van der Waals surface area contributed by atoms with Crippen LogP contribution in [-0.2, 0) is 28.6 Å². The molecule has 0 fully saturated rings. The van der Waals surface area contributed by atoms with Gasteiger partial charge < -0.3 is 23.8 Å². The van der Waals surface area contributed by atoms with Gasteiger partial charge in [0.15, 0.2) is 12.1 Å². The summed E-state index contributed by atoms with van der Waals surface area (Å²) in [5.74, 6) is -1.49. The molecule has 2 atom stereocenters. The molecule has 0 spiro atoms. The SMILES string of the molecule is CCCCC/C=C/C=C/C=C/C=C/CCCCCCCC(=O)OC(COCCC(C(=O)O)[N+](C)(C)C)COC(=O)CCCCCCCCCCCCCCCC. The second-order valence-electron chi connectivity index (χ2n) is 16.4. The Balaban J connectivity index is 4.39. The van der Waals surface area contributed by atoms with Crippen molar-refractivity contribution in [1.29, 1.82) is 0 Å². The Morgan fingerprint density at radius 3 is 1.43 bits per heavy atom. The number of carboxylic acid groups (broad SMARTS) is 1. The second-order valence-corrected chi connectivity index (χ2v) is 16.4. The van der Waals surface area contributed by atoms with E-state index in [0.717, 1.165) is 64.2 Å². The van der Waals surface area contributed by atoms with Gasteiger partial charge in [0, 0.05) is 19.3 Å². The zero-order valence-corrected chi connectivity index (χ0v) is 36.8. The highest BCUT2D eigenvalue weighted by Gasteiger charge is 2.31. The van der Waals surface area contributed by atoms with Crippen molar-refractivity contribution in [2.75, 3.05) is 41.0 Å². The van der Waals surface area contributed by atoms with Gasteiger partial charge in [0.05, 0.1) is 34.4 Å². The van der Waals surface area contributed by atoms with Gasteiger partial charge in [0.25, 0.3) is 0 Å². The van der Waals surface area contributed by atoms with Crippen molar-refractivity contribution >= 4 is 17.9 Å². The van der Waals surface area contributed by atoms with Gasteiger partial charge >= 0.3 is 17.9 Å². The first-order valence-electron chi connectivity index (χ1n) is 22.7. The highest BCUT2D eigenvalue weighted by atomic mass is 16.6. The number of carboxylic acids is 1. The first kappa shape index (κ1) is 53.3. The number of nitrogens with zero attached hydrogens (tertiary/aromatic N) is 1. The van der Waals surface area contributed by atoms with E-state index in [2.05, 4.69) is 62.5 Å². The maximum absolute atomic E-state index is 12.7. The number of ether oxygens (including phenoxy) is 3. The summed E-state index contributed by atoms with van der Waals surface area (Å²) in [5, 5.41) is 9.62. The van der Waals surface area contributed by atoms with Crippen LogP contribution in [0.4, 0.5) is 0 Å². The van der Waals surface area contributed by atoms with Gasteiger partial charge in [-0.3, -0.25) is 9.59 Å². The fourth-order valence-electron chi connectivity index (χ4n) is 6.51. The van der Waals surface area contributed by atoms with Crippen molar-refractivity contribution in [3.05, 3.63) is 48.6 Å². The number of likely N-dealkylation sites (N-methyl/N-ethyl adjacent to an activating group) is 1. The average molecular weight is 789 g/mol. The zero-order valence-electron chi connectivity index (χ0n) is 36.8. The Morgan fingerprint density at radius 1 is 0.536 bits per heavy atom. The molecule has 0 aromatic carbocycles. The maximum Gasteiger partial charge on any atom is 0.362 e. The van der Waals surface area contributed by atoms with Crippen LogP contribution in [-0.4, -0.2) is 80.6 Å². The summed E-state index contributed by atoms with van der Waals surface area (Å²) in [6, 6.07) is -0.619.